The first-order valence-electron chi connectivity index (χ1n) is 12.2. The van der Waals surface area contributed by atoms with E-state index in [1.54, 1.807) is 7.11 Å². The largest absolute Gasteiger partial charge is 0.497 e. The number of hydrogen-bond donors (Lipinski definition) is 1. The average molecular weight is 513 g/mol. The van der Waals surface area contributed by atoms with Gasteiger partial charge >= 0.3 is 0 Å². The molecular formula is C29H28N4O3S. The average Bonchev–Trinajstić information content (AvgIpc) is 3.60. The zero-order valence-electron chi connectivity index (χ0n) is 21.0. The molecule has 4 heterocycles. The minimum atomic E-state index is -0.0855. The summed E-state index contributed by atoms with van der Waals surface area (Å²) in [5.41, 5.74) is 6.63. The monoisotopic (exact) mass is 512 g/mol. The molecule has 37 heavy (non-hydrogen) atoms. The molecule has 1 fully saturated rings. The molecule has 7 nitrogen and oxygen atoms in total. The van der Waals surface area contributed by atoms with E-state index in [9.17, 15) is 0 Å². The summed E-state index contributed by atoms with van der Waals surface area (Å²) in [6, 6.07) is 22.4. The molecule has 2 aliphatic heterocycles. The number of hydrogen-bond acceptors (Lipinski definition) is 5. The second-order valence-corrected chi connectivity index (χ2v) is 9.69. The van der Waals surface area contributed by atoms with Crippen LogP contribution in [-0.2, 0) is 6.54 Å². The molecule has 0 unspecified atom stereocenters. The van der Waals surface area contributed by atoms with Crippen LogP contribution >= 0.6 is 12.2 Å². The lowest BCUT2D eigenvalue weighted by atomic mass is 9.96. The quantitative estimate of drug-likeness (QED) is 0.347. The van der Waals surface area contributed by atoms with E-state index in [1.165, 1.54) is 5.56 Å². The Morgan fingerprint density at radius 3 is 2.59 bits per heavy atom. The molecule has 0 aliphatic carbocycles. The summed E-state index contributed by atoms with van der Waals surface area (Å²) >= 11 is 5.90. The lowest BCUT2D eigenvalue weighted by Crippen LogP contribution is -2.29. The van der Waals surface area contributed by atoms with Gasteiger partial charge in [0, 0.05) is 35.9 Å². The van der Waals surface area contributed by atoms with Crippen LogP contribution in [0.3, 0.4) is 0 Å². The number of fused-ring (bicyclic) bond motifs is 1. The van der Waals surface area contributed by atoms with Gasteiger partial charge in [-0.1, -0.05) is 18.2 Å². The highest BCUT2D eigenvalue weighted by molar-refractivity contribution is 7.80. The molecule has 0 amide bonds. The topological polar surface area (TPSA) is 60.8 Å². The summed E-state index contributed by atoms with van der Waals surface area (Å²) in [4.78, 5) is 6.96. The maximum absolute atomic E-state index is 5.90. The number of pyridine rings is 1. The smallest absolute Gasteiger partial charge is 0.231 e. The summed E-state index contributed by atoms with van der Waals surface area (Å²) < 4.78 is 18.8. The van der Waals surface area contributed by atoms with Crippen LogP contribution < -0.4 is 19.5 Å². The fourth-order valence-corrected chi connectivity index (χ4v) is 5.66. The van der Waals surface area contributed by atoms with Gasteiger partial charge in [-0.2, -0.15) is 0 Å². The molecule has 1 N–H and O–H groups in total. The Hall–Kier alpha value is -4.04. The summed E-state index contributed by atoms with van der Waals surface area (Å²) in [7, 11) is 1.68. The summed E-state index contributed by atoms with van der Waals surface area (Å²) in [6.07, 6.45) is 1.83. The maximum Gasteiger partial charge on any atom is 0.231 e. The summed E-state index contributed by atoms with van der Waals surface area (Å²) in [5, 5.41) is 4.28. The number of rotatable bonds is 6. The van der Waals surface area contributed by atoms with Crippen LogP contribution in [0.5, 0.6) is 17.2 Å². The van der Waals surface area contributed by atoms with E-state index in [-0.39, 0.29) is 18.9 Å². The van der Waals surface area contributed by atoms with Crippen LogP contribution in [0.4, 0.5) is 0 Å². The van der Waals surface area contributed by atoms with Gasteiger partial charge in [-0.25, -0.2) is 0 Å². The molecule has 2 aromatic carbocycles. The van der Waals surface area contributed by atoms with Crippen molar-refractivity contribution >= 4 is 17.3 Å². The van der Waals surface area contributed by atoms with Crippen molar-refractivity contribution in [3.8, 4) is 22.9 Å². The molecule has 6 rings (SSSR count). The van der Waals surface area contributed by atoms with Crippen molar-refractivity contribution in [2.24, 2.45) is 0 Å². The number of benzene rings is 2. The molecule has 1 saturated heterocycles. The zero-order valence-corrected chi connectivity index (χ0v) is 21.8. The Balaban J connectivity index is 1.43. The van der Waals surface area contributed by atoms with Crippen molar-refractivity contribution in [2.75, 3.05) is 13.9 Å². The minimum absolute atomic E-state index is 0.0431. The van der Waals surface area contributed by atoms with Crippen molar-refractivity contribution in [3.05, 3.63) is 101 Å². The molecule has 0 spiro atoms. The number of ether oxygens (including phenoxy) is 3. The molecule has 8 heteroatoms. The van der Waals surface area contributed by atoms with E-state index in [2.05, 4.69) is 63.9 Å². The fraction of sp³-hybridized carbons (Fsp3) is 0.241. The molecule has 4 aromatic rings. The van der Waals surface area contributed by atoms with Gasteiger partial charge in [-0.3, -0.25) is 4.98 Å². The van der Waals surface area contributed by atoms with Gasteiger partial charge in [0.15, 0.2) is 16.6 Å². The van der Waals surface area contributed by atoms with Crippen LogP contribution in [0.2, 0.25) is 0 Å². The molecule has 2 atom stereocenters. The standard InChI is InChI=1S/C29H28N4O3S/c1-18-14-23(19(2)33(18)21-9-12-25-26(15-21)36-17-35-25)28-27(24-6-4-5-13-30-24)31-29(37)32(28)16-20-7-10-22(34-3)11-8-20/h4-15,27-28H,16-17H2,1-3H3,(H,31,37)/t27-,28-/m0/s1. The number of aryl methyl sites for hydroxylation is 1. The third kappa shape index (κ3) is 4.17. The first-order valence-corrected chi connectivity index (χ1v) is 12.6. The van der Waals surface area contributed by atoms with Crippen LogP contribution in [0.1, 0.15) is 40.3 Å². The molecule has 0 saturated carbocycles. The van der Waals surface area contributed by atoms with Gasteiger partial charge in [0.25, 0.3) is 0 Å². The normalized spacial score (nSPS) is 18.2. The number of thiocarbonyl (C=S) groups is 1. The number of nitrogens with one attached hydrogen (secondary N) is 1. The third-order valence-electron chi connectivity index (χ3n) is 7.11. The van der Waals surface area contributed by atoms with Crippen molar-refractivity contribution < 1.29 is 14.2 Å². The lowest BCUT2D eigenvalue weighted by molar-refractivity contribution is 0.174. The SMILES string of the molecule is COc1ccc(CN2C(=S)N[C@@H](c3ccccn3)[C@@H]2c2cc(C)n(-c3ccc4c(c3)OCO4)c2C)cc1. The van der Waals surface area contributed by atoms with E-state index in [1.807, 2.05) is 42.6 Å². The highest BCUT2D eigenvalue weighted by Gasteiger charge is 2.41. The number of aromatic nitrogens is 2. The highest BCUT2D eigenvalue weighted by Crippen LogP contribution is 2.43. The molecule has 188 valence electrons. The molecular weight excluding hydrogens is 484 g/mol. The van der Waals surface area contributed by atoms with Gasteiger partial charge in [0.1, 0.15) is 5.75 Å². The van der Waals surface area contributed by atoms with Crippen molar-refractivity contribution in [1.82, 2.24) is 19.8 Å². The number of nitrogens with zero attached hydrogens (tertiary/aromatic N) is 3. The second-order valence-electron chi connectivity index (χ2n) is 9.30. The van der Waals surface area contributed by atoms with Crippen LogP contribution in [0.25, 0.3) is 5.69 Å². The zero-order chi connectivity index (χ0) is 25.5. The van der Waals surface area contributed by atoms with Crippen molar-refractivity contribution in [1.29, 1.82) is 0 Å². The number of methoxy groups -OCH3 is 1. The van der Waals surface area contributed by atoms with Crippen LogP contribution in [0.15, 0.2) is 72.9 Å². The first-order chi connectivity index (χ1) is 18.0. The second kappa shape index (κ2) is 9.44. The summed E-state index contributed by atoms with van der Waals surface area (Å²) in [6.45, 7) is 5.21. The Labute approximate surface area is 221 Å². The summed E-state index contributed by atoms with van der Waals surface area (Å²) in [5.74, 6) is 2.38. The van der Waals surface area contributed by atoms with Gasteiger partial charge in [0.2, 0.25) is 6.79 Å². The van der Waals surface area contributed by atoms with Crippen LogP contribution in [0, 0.1) is 13.8 Å². The van der Waals surface area contributed by atoms with Gasteiger partial charge in [-0.05, 0) is 79.7 Å². The van der Waals surface area contributed by atoms with E-state index in [0.717, 1.165) is 45.6 Å². The van der Waals surface area contributed by atoms with Crippen LogP contribution in [-0.4, -0.2) is 33.5 Å². The Bertz CT molecular complexity index is 1450. The lowest BCUT2D eigenvalue weighted by Gasteiger charge is -2.28. The van der Waals surface area contributed by atoms with Gasteiger partial charge in [-0.15, -0.1) is 0 Å². The molecule has 2 aliphatic rings. The van der Waals surface area contributed by atoms with E-state index < -0.39 is 0 Å². The van der Waals surface area contributed by atoms with Crippen molar-refractivity contribution in [2.45, 2.75) is 32.5 Å². The predicted molar refractivity (Wildman–Crippen MR) is 145 cm³/mol. The van der Waals surface area contributed by atoms with Gasteiger partial charge in [0.05, 0.1) is 24.9 Å². The highest BCUT2D eigenvalue weighted by atomic mass is 32.1. The van der Waals surface area contributed by atoms with E-state index >= 15 is 0 Å². The Morgan fingerprint density at radius 2 is 1.84 bits per heavy atom. The third-order valence-corrected chi connectivity index (χ3v) is 7.47. The Kier molecular flexibility index (Phi) is 5.96. The fourth-order valence-electron chi connectivity index (χ4n) is 5.35. The van der Waals surface area contributed by atoms with E-state index in [4.69, 9.17) is 26.4 Å². The van der Waals surface area contributed by atoms with E-state index in [0.29, 0.717) is 11.7 Å². The maximum atomic E-state index is 5.90. The Morgan fingerprint density at radius 1 is 1.03 bits per heavy atom. The first kappa shape index (κ1) is 23.4. The molecule has 0 bridgehead atoms. The van der Waals surface area contributed by atoms with Crippen molar-refractivity contribution in [3.63, 3.8) is 0 Å². The predicted octanol–water partition coefficient (Wildman–Crippen LogP) is 5.40. The molecule has 0 radical (unpaired) electrons. The minimum Gasteiger partial charge on any atom is -0.497 e. The molecule has 2 aromatic heterocycles. The van der Waals surface area contributed by atoms with Gasteiger partial charge < -0.3 is 29.0 Å².